The highest BCUT2D eigenvalue weighted by Crippen LogP contribution is 2.43. The lowest BCUT2D eigenvalue weighted by Crippen LogP contribution is -2.18. The summed E-state index contributed by atoms with van der Waals surface area (Å²) in [6.07, 6.45) is 1.14. The number of fused-ring (bicyclic) bond motifs is 1. The molecule has 0 radical (unpaired) electrons. The molecule has 2 N–H and O–H groups in total. The van der Waals surface area contributed by atoms with E-state index < -0.39 is 15.8 Å². The number of ether oxygens (including phenoxy) is 1. The Balaban J connectivity index is 1.97. The van der Waals surface area contributed by atoms with Crippen LogP contribution in [0.2, 0.25) is 0 Å². The van der Waals surface area contributed by atoms with Crippen molar-refractivity contribution in [1.82, 2.24) is 9.88 Å². The number of H-pyrrole nitrogens is 1. The van der Waals surface area contributed by atoms with Gasteiger partial charge in [0.05, 0.1) is 24.6 Å². The van der Waals surface area contributed by atoms with Gasteiger partial charge < -0.3 is 9.72 Å². The Labute approximate surface area is 218 Å². The number of nitrogens with zero attached hydrogens (tertiary/aromatic N) is 1. The van der Waals surface area contributed by atoms with Crippen molar-refractivity contribution in [3.05, 3.63) is 83.3 Å². The van der Waals surface area contributed by atoms with Crippen LogP contribution in [0.3, 0.4) is 0 Å². The van der Waals surface area contributed by atoms with Crippen LogP contribution in [0.1, 0.15) is 37.6 Å². The predicted molar refractivity (Wildman–Crippen MR) is 149 cm³/mol. The Morgan fingerprint density at radius 1 is 1.03 bits per heavy atom. The average Bonchev–Trinajstić information content (AvgIpc) is 3.16. The van der Waals surface area contributed by atoms with Crippen molar-refractivity contribution in [1.29, 1.82) is 0 Å². The van der Waals surface area contributed by atoms with Gasteiger partial charge in [0.25, 0.3) is 0 Å². The second-order valence-corrected chi connectivity index (χ2v) is 12.3. The molecule has 0 unspecified atom stereocenters. The lowest BCUT2D eigenvalue weighted by molar-refractivity contribution is 0.316. The number of hydrogen-bond donors (Lipinski definition) is 2. The fraction of sp³-hybridized carbons (Fsp3) is 0.310. The third-order valence-electron chi connectivity index (χ3n) is 6.30. The molecule has 4 rings (SSSR count). The Morgan fingerprint density at radius 2 is 1.73 bits per heavy atom. The van der Waals surface area contributed by atoms with E-state index in [1.165, 1.54) is 24.8 Å². The van der Waals surface area contributed by atoms with Gasteiger partial charge in [-0.1, -0.05) is 51.1 Å². The minimum absolute atomic E-state index is 0.242. The van der Waals surface area contributed by atoms with Crippen molar-refractivity contribution in [2.45, 2.75) is 39.3 Å². The standard InChI is InChI=1S/C29H34FN3O3S/c1-29(2,3)20-14-23-27(22-13-12-21(30)16-26(22)36-5)25(18-33(4)17-19-10-8-7-9-11-19)31-28(23)24(15-20)32-37(6,34)35/h7-16,31-32H,17-18H2,1-6H3. The van der Waals surface area contributed by atoms with Crippen molar-refractivity contribution in [2.24, 2.45) is 0 Å². The first kappa shape index (κ1) is 26.7. The number of halogens is 1. The summed E-state index contributed by atoms with van der Waals surface area (Å²) in [4.78, 5) is 5.67. The van der Waals surface area contributed by atoms with E-state index in [1.54, 1.807) is 6.07 Å². The normalized spacial score (nSPS) is 12.3. The second kappa shape index (κ2) is 10.2. The van der Waals surface area contributed by atoms with Gasteiger partial charge in [-0.25, -0.2) is 12.8 Å². The summed E-state index contributed by atoms with van der Waals surface area (Å²) in [6, 6.07) is 18.6. The Kier molecular flexibility index (Phi) is 7.35. The van der Waals surface area contributed by atoms with Gasteiger partial charge in [0.15, 0.2) is 0 Å². The zero-order valence-corrected chi connectivity index (χ0v) is 23.0. The number of sulfonamides is 1. The minimum Gasteiger partial charge on any atom is -0.496 e. The van der Waals surface area contributed by atoms with Gasteiger partial charge in [-0.05, 0) is 47.9 Å². The number of benzene rings is 3. The summed E-state index contributed by atoms with van der Waals surface area (Å²) < 4.78 is 47.0. The van der Waals surface area contributed by atoms with Crippen molar-refractivity contribution in [3.8, 4) is 16.9 Å². The molecule has 0 bridgehead atoms. The van der Waals surface area contributed by atoms with Gasteiger partial charge in [0, 0.05) is 41.4 Å². The van der Waals surface area contributed by atoms with E-state index in [0.717, 1.165) is 40.6 Å². The molecule has 37 heavy (non-hydrogen) atoms. The Bertz CT molecular complexity index is 1520. The SMILES string of the molecule is COc1cc(F)ccc1-c1c(CN(C)Cc2ccccc2)[nH]c2c(NS(C)(=O)=O)cc(C(C)(C)C)cc12. The molecule has 6 nitrogen and oxygen atoms in total. The molecule has 0 saturated heterocycles. The smallest absolute Gasteiger partial charge is 0.229 e. The number of nitrogens with one attached hydrogen (secondary N) is 2. The molecular weight excluding hydrogens is 489 g/mol. The number of methoxy groups -OCH3 is 1. The maximum absolute atomic E-state index is 14.1. The largest absolute Gasteiger partial charge is 0.496 e. The monoisotopic (exact) mass is 523 g/mol. The number of rotatable bonds is 8. The molecule has 3 aromatic carbocycles. The molecule has 0 aliphatic rings. The quantitative estimate of drug-likeness (QED) is 0.285. The van der Waals surface area contributed by atoms with Crippen LogP contribution in [0.15, 0.2) is 60.7 Å². The van der Waals surface area contributed by atoms with Gasteiger partial charge in [0.1, 0.15) is 11.6 Å². The highest BCUT2D eigenvalue weighted by Gasteiger charge is 2.24. The maximum Gasteiger partial charge on any atom is 0.229 e. The average molecular weight is 524 g/mol. The lowest BCUT2D eigenvalue weighted by atomic mass is 9.85. The molecule has 4 aromatic rings. The molecule has 0 fully saturated rings. The van der Waals surface area contributed by atoms with E-state index in [9.17, 15) is 12.8 Å². The van der Waals surface area contributed by atoms with Crippen LogP contribution < -0.4 is 9.46 Å². The molecule has 196 valence electrons. The van der Waals surface area contributed by atoms with E-state index in [1.807, 2.05) is 31.3 Å². The Hall–Kier alpha value is -3.36. The first-order valence-corrected chi connectivity index (χ1v) is 14.0. The highest BCUT2D eigenvalue weighted by molar-refractivity contribution is 7.92. The minimum atomic E-state index is -3.54. The number of hydrogen-bond acceptors (Lipinski definition) is 4. The summed E-state index contributed by atoms with van der Waals surface area (Å²) in [5.74, 6) is 0.0182. The van der Waals surface area contributed by atoms with Crippen molar-refractivity contribution in [3.63, 3.8) is 0 Å². The summed E-state index contributed by atoms with van der Waals surface area (Å²) in [5.41, 5.74) is 5.51. The zero-order chi connectivity index (χ0) is 27.0. The van der Waals surface area contributed by atoms with Crippen LogP contribution in [0.4, 0.5) is 10.1 Å². The predicted octanol–water partition coefficient (Wildman–Crippen LogP) is 6.28. The summed E-state index contributed by atoms with van der Waals surface area (Å²) in [7, 11) is 0.0116. The number of anilines is 1. The third kappa shape index (κ3) is 6.14. The second-order valence-electron chi connectivity index (χ2n) is 10.6. The summed E-state index contributed by atoms with van der Waals surface area (Å²) in [5, 5.41) is 0.839. The van der Waals surface area contributed by atoms with E-state index in [-0.39, 0.29) is 5.41 Å². The van der Waals surface area contributed by atoms with Crippen molar-refractivity contribution >= 4 is 26.6 Å². The van der Waals surface area contributed by atoms with E-state index in [0.29, 0.717) is 23.5 Å². The summed E-state index contributed by atoms with van der Waals surface area (Å²) in [6.45, 7) is 7.51. The molecule has 0 amide bonds. The topological polar surface area (TPSA) is 74.4 Å². The molecule has 0 spiro atoms. The molecule has 0 aliphatic heterocycles. The van der Waals surface area contributed by atoms with Crippen LogP contribution >= 0.6 is 0 Å². The van der Waals surface area contributed by atoms with Gasteiger partial charge in [-0.2, -0.15) is 0 Å². The lowest BCUT2D eigenvalue weighted by Gasteiger charge is -2.21. The van der Waals surface area contributed by atoms with Gasteiger partial charge in [-0.3, -0.25) is 9.62 Å². The van der Waals surface area contributed by atoms with Gasteiger partial charge in [-0.15, -0.1) is 0 Å². The van der Waals surface area contributed by atoms with E-state index >= 15 is 0 Å². The van der Waals surface area contributed by atoms with Crippen LogP contribution in [0.5, 0.6) is 5.75 Å². The fourth-order valence-electron chi connectivity index (χ4n) is 4.58. The van der Waals surface area contributed by atoms with Gasteiger partial charge >= 0.3 is 0 Å². The third-order valence-corrected chi connectivity index (χ3v) is 6.89. The Morgan fingerprint density at radius 3 is 2.35 bits per heavy atom. The van der Waals surface area contributed by atoms with Crippen molar-refractivity contribution in [2.75, 3.05) is 25.1 Å². The molecule has 1 aromatic heterocycles. The van der Waals surface area contributed by atoms with E-state index in [4.69, 9.17) is 4.74 Å². The molecule has 1 heterocycles. The van der Waals surface area contributed by atoms with Crippen LogP contribution in [0, 0.1) is 5.82 Å². The van der Waals surface area contributed by atoms with Crippen LogP contribution in [-0.4, -0.2) is 38.7 Å². The molecular formula is C29H34FN3O3S. The fourth-order valence-corrected chi connectivity index (χ4v) is 5.14. The van der Waals surface area contributed by atoms with Crippen LogP contribution in [0.25, 0.3) is 22.0 Å². The van der Waals surface area contributed by atoms with E-state index in [2.05, 4.69) is 53.6 Å². The molecule has 0 atom stereocenters. The maximum atomic E-state index is 14.1. The molecule has 0 aliphatic carbocycles. The molecule has 0 saturated carbocycles. The van der Waals surface area contributed by atoms with Crippen LogP contribution in [-0.2, 0) is 28.5 Å². The van der Waals surface area contributed by atoms with Gasteiger partial charge in [0.2, 0.25) is 10.0 Å². The zero-order valence-electron chi connectivity index (χ0n) is 22.1. The molecule has 8 heteroatoms. The first-order valence-electron chi connectivity index (χ1n) is 12.1. The number of aromatic amines is 1. The number of aromatic nitrogens is 1. The van der Waals surface area contributed by atoms with Crippen molar-refractivity contribution < 1.29 is 17.5 Å². The summed E-state index contributed by atoms with van der Waals surface area (Å²) >= 11 is 0. The first-order chi connectivity index (χ1) is 17.4. The highest BCUT2D eigenvalue weighted by atomic mass is 32.2.